The topological polar surface area (TPSA) is 91.0 Å². The molecule has 3 aromatic rings. The molecule has 2 heterocycles. The number of aromatic nitrogens is 2. The van der Waals surface area contributed by atoms with Crippen LogP contribution >= 0.6 is 23.4 Å². The molecule has 0 bridgehead atoms. The molecule has 4 N–H and O–H groups in total. The summed E-state index contributed by atoms with van der Waals surface area (Å²) in [6.45, 7) is 6.99. The summed E-state index contributed by atoms with van der Waals surface area (Å²) in [6, 6.07) is 13.5. The molecule has 2 aromatic carbocycles. The van der Waals surface area contributed by atoms with Crippen molar-refractivity contribution in [1.29, 1.82) is 0 Å². The number of halogens is 1. The molecule has 0 atom stereocenters. The van der Waals surface area contributed by atoms with Crippen molar-refractivity contribution in [2.45, 2.75) is 44.4 Å². The molecule has 1 amide bonds. The minimum Gasteiger partial charge on any atom is -0.352 e. The Morgan fingerprint density at radius 2 is 1.97 bits per heavy atom. The van der Waals surface area contributed by atoms with Crippen molar-refractivity contribution < 1.29 is 4.79 Å². The van der Waals surface area contributed by atoms with E-state index in [-0.39, 0.29) is 5.91 Å². The molecule has 0 radical (unpaired) electrons. The zero-order chi connectivity index (χ0) is 26.7. The number of unbranched alkanes of at least 4 members (excludes halogenated alkanes) is 1. The van der Waals surface area contributed by atoms with Gasteiger partial charge in [0, 0.05) is 28.4 Å². The van der Waals surface area contributed by atoms with Crippen molar-refractivity contribution in [1.82, 2.24) is 20.6 Å². The number of allylic oxidation sites excluding steroid dienone is 1. The molecule has 0 unspecified atom stereocenters. The van der Waals surface area contributed by atoms with E-state index < -0.39 is 0 Å². The lowest BCUT2D eigenvalue weighted by Crippen LogP contribution is -2.35. The van der Waals surface area contributed by atoms with E-state index in [1.165, 1.54) is 10.5 Å². The molecule has 1 aromatic heterocycles. The molecule has 0 spiro atoms. The molecule has 9 heteroatoms. The summed E-state index contributed by atoms with van der Waals surface area (Å²) in [5.41, 5.74) is 3.41. The Kier molecular flexibility index (Phi) is 10.4. The molecule has 38 heavy (non-hydrogen) atoms. The number of nitrogens with zero attached hydrogens (tertiary/aromatic N) is 2. The SMILES string of the molecule is CCCC=CSc1cc(Nc2nc(Nc3cccc(C(=O)NCC4CCNCC4)c3)ncc2Cl)ccc1C. The van der Waals surface area contributed by atoms with Gasteiger partial charge in [0.2, 0.25) is 5.95 Å². The third-order valence-corrected chi connectivity index (χ3v) is 7.63. The molecule has 0 saturated carbocycles. The van der Waals surface area contributed by atoms with Crippen LogP contribution < -0.4 is 21.3 Å². The van der Waals surface area contributed by atoms with Gasteiger partial charge in [-0.15, -0.1) is 0 Å². The Morgan fingerprint density at radius 1 is 1.16 bits per heavy atom. The normalized spacial score (nSPS) is 14.0. The molecule has 0 aliphatic carbocycles. The van der Waals surface area contributed by atoms with E-state index in [0.29, 0.717) is 34.8 Å². The summed E-state index contributed by atoms with van der Waals surface area (Å²) in [6.07, 6.45) is 8.14. The minimum absolute atomic E-state index is 0.0795. The lowest BCUT2D eigenvalue weighted by molar-refractivity contribution is 0.0944. The third kappa shape index (κ3) is 8.21. The first-order valence-corrected chi connectivity index (χ1v) is 14.4. The second-order valence-corrected chi connectivity index (χ2v) is 10.7. The lowest BCUT2D eigenvalue weighted by atomic mass is 9.98. The van der Waals surface area contributed by atoms with Gasteiger partial charge in [-0.05, 0) is 86.5 Å². The minimum atomic E-state index is -0.0795. The molecule has 1 aliphatic heterocycles. The second kappa shape index (κ2) is 14.2. The van der Waals surface area contributed by atoms with Gasteiger partial charge in [0.05, 0.1) is 6.20 Å². The van der Waals surface area contributed by atoms with Crippen molar-refractivity contribution in [3.63, 3.8) is 0 Å². The van der Waals surface area contributed by atoms with Gasteiger partial charge in [-0.3, -0.25) is 4.79 Å². The van der Waals surface area contributed by atoms with Crippen LogP contribution in [-0.4, -0.2) is 35.5 Å². The highest BCUT2D eigenvalue weighted by molar-refractivity contribution is 8.02. The lowest BCUT2D eigenvalue weighted by Gasteiger charge is -2.22. The number of carbonyl (C=O) groups is 1. The van der Waals surface area contributed by atoms with Crippen LogP contribution in [0, 0.1) is 12.8 Å². The van der Waals surface area contributed by atoms with E-state index in [1.807, 2.05) is 24.3 Å². The van der Waals surface area contributed by atoms with Crippen LogP contribution in [0.4, 0.5) is 23.1 Å². The van der Waals surface area contributed by atoms with E-state index in [2.05, 4.69) is 68.7 Å². The first-order valence-electron chi connectivity index (χ1n) is 13.1. The van der Waals surface area contributed by atoms with Gasteiger partial charge in [0.1, 0.15) is 5.02 Å². The molecular formula is C29H35ClN6OS. The fraction of sp³-hybridized carbons (Fsp3) is 0.345. The number of amides is 1. The third-order valence-electron chi connectivity index (χ3n) is 6.33. The Labute approximate surface area is 234 Å². The fourth-order valence-corrected chi connectivity index (χ4v) is 5.07. The quantitative estimate of drug-likeness (QED) is 0.190. The molecule has 1 aliphatic rings. The smallest absolute Gasteiger partial charge is 0.251 e. The van der Waals surface area contributed by atoms with Gasteiger partial charge in [-0.25, -0.2) is 4.98 Å². The summed E-state index contributed by atoms with van der Waals surface area (Å²) < 4.78 is 0. The molecule has 1 fully saturated rings. The zero-order valence-corrected chi connectivity index (χ0v) is 23.5. The summed E-state index contributed by atoms with van der Waals surface area (Å²) in [7, 11) is 0. The van der Waals surface area contributed by atoms with Crippen molar-refractivity contribution in [2.75, 3.05) is 30.3 Å². The summed E-state index contributed by atoms with van der Waals surface area (Å²) in [5, 5.41) is 15.5. The van der Waals surface area contributed by atoms with Crippen molar-refractivity contribution in [3.05, 3.63) is 76.3 Å². The maximum absolute atomic E-state index is 12.7. The maximum Gasteiger partial charge on any atom is 0.251 e. The van der Waals surface area contributed by atoms with Crippen LogP contribution in [0.25, 0.3) is 0 Å². The Bertz CT molecular complexity index is 1260. The van der Waals surface area contributed by atoms with Gasteiger partial charge >= 0.3 is 0 Å². The van der Waals surface area contributed by atoms with Crippen LogP contribution in [0.2, 0.25) is 5.02 Å². The van der Waals surface area contributed by atoms with Crippen LogP contribution in [0.5, 0.6) is 0 Å². The highest BCUT2D eigenvalue weighted by Crippen LogP contribution is 2.30. The number of piperidine rings is 1. The van der Waals surface area contributed by atoms with Crippen LogP contribution in [0.15, 0.2) is 65.0 Å². The largest absolute Gasteiger partial charge is 0.352 e. The van der Waals surface area contributed by atoms with E-state index in [4.69, 9.17) is 11.6 Å². The summed E-state index contributed by atoms with van der Waals surface area (Å²) >= 11 is 8.12. The van der Waals surface area contributed by atoms with E-state index in [1.54, 1.807) is 24.0 Å². The molecule has 4 rings (SSSR count). The van der Waals surface area contributed by atoms with Gasteiger partial charge in [0.15, 0.2) is 5.82 Å². The standard InChI is InChI=1S/C29H35ClN6OS/c1-3-4-5-15-38-26-17-24(10-9-20(26)2)34-27-25(30)19-33-29(36-27)35-23-8-6-7-22(16-23)28(37)32-18-21-11-13-31-14-12-21/h5-10,15-17,19,21,31H,3-4,11-14,18H2,1-2H3,(H,32,37)(H2,33,34,35,36). The number of rotatable bonds is 11. The highest BCUT2D eigenvalue weighted by Gasteiger charge is 2.15. The molecular weight excluding hydrogens is 516 g/mol. The van der Waals surface area contributed by atoms with Gasteiger partial charge < -0.3 is 21.3 Å². The summed E-state index contributed by atoms with van der Waals surface area (Å²) in [4.78, 5) is 22.8. The van der Waals surface area contributed by atoms with E-state index >= 15 is 0 Å². The van der Waals surface area contributed by atoms with Crippen molar-refractivity contribution in [2.24, 2.45) is 5.92 Å². The van der Waals surface area contributed by atoms with E-state index in [0.717, 1.165) is 50.1 Å². The average molecular weight is 551 g/mol. The second-order valence-electron chi connectivity index (χ2n) is 9.38. The number of nitrogens with one attached hydrogen (secondary N) is 4. The van der Waals surface area contributed by atoms with Crippen LogP contribution in [0.1, 0.15) is 48.5 Å². The number of hydrogen-bond donors (Lipinski definition) is 4. The van der Waals surface area contributed by atoms with E-state index in [9.17, 15) is 4.79 Å². The number of aryl methyl sites for hydroxylation is 1. The first-order chi connectivity index (χ1) is 18.5. The highest BCUT2D eigenvalue weighted by atomic mass is 35.5. The molecule has 200 valence electrons. The van der Waals surface area contributed by atoms with Crippen LogP contribution in [-0.2, 0) is 0 Å². The fourth-order valence-electron chi connectivity index (χ4n) is 4.10. The number of thioether (sulfide) groups is 1. The number of anilines is 4. The predicted octanol–water partition coefficient (Wildman–Crippen LogP) is 7.06. The monoisotopic (exact) mass is 550 g/mol. The van der Waals surface area contributed by atoms with Crippen LogP contribution in [0.3, 0.4) is 0 Å². The maximum atomic E-state index is 12.7. The first kappa shape index (κ1) is 28.0. The van der Waals surface area contributed by atoms with Gasteiger partial charge in [0.25, 0.3) is 5.91 Å². The molecule has 1 saturated heterocycles. The van der Waals surface area contributed by atoms with Gasteiger partial charge in [-0.1, -0.05) is 54.9 Å². The zero-order valence-electron chi connectivity index (χ0n) is 21.9. The van der Waals surface area contributed by atoms with Crippen molar-refractivity contribution >= 4 is 52.4 Å². The predicted molar refractivity (Wildman–Crippen MR) is 159 cm³/mol. The Hall–Kier alpha value is -3.07. The Balaban J connectivity index is 1.41. The number of carbonyl (C=O) groups excluding carboxylic acids is 1. The van der Waals surface area contributed by atoms with Gasteiger partial charge in [-0.2, -0.15) is 4.98 Å². The number of benzene rings is 2. The molecule has 7 nitrogen and oxygen atoms in total. The Morgan fingerprint density at radius 3 is 2.79 bits per heavy atom. The van der Waals surface area contributed by atoms with Crippen molar-refractivity contribution in [3.8, 4) is 0 Å². The average Bonchev–Trinajstić information content (AvgIpc) is 2.94. The summed E-state index contributed by atoms with van der Waals surface area (Å²) in [5.74, 6) is 1.33. The number of hydrogen-bond acceptors (Lipinski definition) is 7.